The van der Waals surface area contributed by atoms with Crippen molar-refractivity contribution >= 4 is 23.8 Å². The molecule has 0 fully saturated rings. The number of carbonyl (C=O) groups is 4. The zero-order valence-corrected chi connectivity index (χ0v) is 17.5. The molecule has 0 aromatic heterocycles. The van der Waals surface area contributed by atoms with Crippen molar-refractivity contribution in [2.75, 3.05) is 41.4 Å². The molecule has 154 valence electrons. The third kappa shape index (κ3) is 6.68. The van der Waals surface area contributed by atoms with Gasteiger partial charge in [0.2, 0.25) is 0 Å². The van der Waals surface area contributed by atoms with Crippen LogP contribution in [0.5, 0.6) is 0 Å². The molecule has 0 radical (unpaired) electrons. The first-order chi connectivity index (χ1) is 12.8. The molecule has 0 aliphatic rings. The third-order valence-corrected chi connectivity index (χ3v) is 3.92. The maximum Gasteiger partial charge on any atom is 0.338 e. The van der Waals surface area contributed by atoms with Crippen molar-refractivity contribution in [1.82, 2.24) is 9.80 Å². The highest BCUT2D eigenvalue weighted by Crippen LogP contribution is 2.25. The van der Waals surface area contributed by atoms with E-state index in [0.717, 1.165) is 0 Å². The average Bonchev–Trinajstić information content (AvgIpc) is 2.61. The summed E-state index contributed by atoms with van der Waals surface area (Å²) in [5, 5.41) is 0. The Labute approximate surface area is 165 Å². The molecule has 8 heteroatoms. The van der Waals surface area contributed by atoms with Crippen molar-refractivity contribution in [3.8, 4) is 0 Å². The molecule has 0 saturated carbocycles. The largest absolute Gasteiger partial charge is 0.452 e. The lowest BCUT2D eigenvalue weighted by Gasteiger charge is -2.21. The number of nitrogens with zero attached hydrogens (tertiary/aromatic N) is 2. The maximum atomic E-state index is 12.4. The molecule has 0 aliphatic heterocycles. The molecule has 1 aromatic rings. The number of esters is 2. The average molecular weight is 392 g/mol. The van der Waals surface area contributed by atoms with E-state index in [1.54, 1.807) is 40.3 Å². The molecular formula is C20H28N2O6. The Morgan fingerprint density at radius 3 is 1.39 bits per heavy atom. The number of rotatable bonds is 6. The molecule has 8 nitrogen and oxygen atoms in total. The predicted octanol–water partition coefficient (Wildman–Crippen LogP) is 1.47. The number of hydrogen-bond donors (Lipinski definition) is 0. The summed E-state index contributed by atoms with van der Waals surface area (Å²) in [7, 11) is 6.22. The van der Waals surface area contributed by atoms with E-state index >= 15 is 0 Å². The minimum absolute atomic E-state index is 0.130. The second kappa shape index (κ2) is 9.34. The Bertz CT molecular complexity index is 708. The van der Waals surface area contributed by atoms with Crippen molar-refractivity contribution in [1.29, 1.82) is 0 Å². The Kier molecular flexibility index (Phi) is 7.72. The molecule has 0 saturated heterocycles. The summed E-state index contributed by atoms with van der Waals surface area (Å²) in [6.45, 7) is 4.98. The van der Waals surface area contributed by atoms with Gasteiger partial charge in [0.25, 0.3) is 11.8 Å². The molecule has 0 heterocycles. The van der Waals surface area contributed by atoms with E-state index in [-0.39, 0.29) is 28.4 Å². The van der Waals surface area contributed by atoms with Crippen LogP contribution in [0.1, 0.15) is 47.1 Å². The van der Waals surface area contributed by atoms with Gasteiger partial charge < -0.3 is 19.3 Å². The van der Waals surface area contributed by atoms with E-state index in [1.165, 1.54) is 15.9 Å². The standard InChI is InChI=1S/C20H28N2O6/c1-20(2,3)15-9-13(18(25)27-11-16(23)21(4)5)8-14(10-15)19(26)28-12-17(24)22(6)7/h8-10H,11-12H2,1-7H3. The van der Waals surface area contributed by atoms with Crippen LogP contribution in [-0.2, 0) is 24.5 Å². The minimum Gasteiger partial charge on any atom is -0.452 e. The number of ether oxygens (including phenoxy) is 2. The van der Waals surface area contributed by atoms with Crippen LogP contribution in [0.2, 0.25) is 0 Å². The van der Waals surface area contributed by atoms with Crippen molar-refractivity contribution in [3.05, 3.63) is 34.9 Å². The second-order valence-electron chi connectivity index (χ2n) is 7.78. The van der Waals surface area contributed by atoms with E-state index in [2.05, 4.69) is 0 Å². The summed E-state index contributed by atoms with van der Waals surface area (Å²) in [6, 6.07) is 4.56. The number of amides is 2. The zero-order chi connectivity index (χ0) is 21.6. The summed E-state index contributed by atoms with van der Waals surface area (Å²) in [6.07, 6.45) is 0. The fourth-order valence-corrected chi connectivity index (χ4v) is 1.98. The number of hydrogen-bond acceptors (Lipinski definition) is 6. The van der Waals surface area contributed by atoms with E-state index in [9.17, 15) is 19.2 Å². The normalized spacial score (nSPS) is 10.8. The molecule has 0 aliphatic carbocycles. The van der Waals surface area contributed by atoms with Gasteiger partial charge in [-0.05, 0) is 29.2 Å². The fourth-order valence-electron chi connectivity index (χ4n) is 1.98. The third-order valence-electron chi connectivity index (χ3n) is 3.92. The smallest absolute Gasteiger partial charge is 0.338 e. The van der Waals surface area contributed by atoms with Gasteiger partial charge in [-0.3, -0.25) is 9.59 Å². The molecular weight excluding hydrogens is 364 g/mol. The molecule has 0 bridgehead atoms. The topological polar surface area (TPSA) is 93.2 Å². The van der Waals surface area contributed by atoms with E-state index < -0.39 is 25.2 Å². The quantitative estimate of drug-likeness (QED) is 0.681. The van der Waals surface area contributed by atoms with Crippen molar-refractivity contribution in [2.24, 2.45) is 0 Å². The number of carbonyl (C=O) groups excluding carboxylic acids is 4. The predicted molar refractivity (Wildman–Crippen MR) is 103 cm³/mol. The monoisotopic (exact) mass is 392 g/mol. The first-order valence-electron chi connectivity index (χ1n) is 8.73. The van der Waals surface area contributed by atoms with Crippen LogP contribution in [0.25, 0.3) is 0 Å². The van der Waals surface area contributed by atoms with Crippen LogP contribution >= 0.6 is 0 Å². The van der Waals surface area contributed by atoms with Crippen LogP contribution < -0.4 is 0 Å². The highest BCUT2D eigenvalue weighted by Gasteiger charge is 2.22. The minimum atomic E-state index is -0.722. The van der Waals surface area contributed by atoms with Gasteiger partial charge in [0.05, 0.1) is 11.1 Å². The molecule has 0 N–H and O–H groups in total. The summed E-state index contributed by atoms with van der Waals surface area (Å²) in [4.78, 5) is 50.6. The van der Waals surface area contributed by atoms with E-state index in [1.807, 2.05) is 20.8 Å². The lowest BCUT2D eigenvalue weighted by atomic mass is 9.85. The molecule has 0 unspecified atom stereocenters. The van der Waals surface area contributed by atoms with Gasteiger partial charge in [-0.2, -0.15) is 0 Å². The Balaban J connectivity index is 3.09. The fraction of sp³-hybridized carbons (Fsp3) is 0.500. The van der Waals surface area contributed by atoms with Crippen molar-refractivity contribution < 1.29 is 28.7 Å². The maximum absolute atomic E-state index is 12.4. The summed E-state index contributed by atoms with van der Waals surface area (Å²) in [5.41, 5.74) is 0.617. The number of likely N-dealkylation sites (N-methyl/N-ethyl adjacent to an activating group) is 2. The molecule has 0 spiro atoms. The molecule has 2 amide bonds. The Morgan fingerprint density at radius 2 is 1.11 bits per heavy atom. The Hall–Kier alpha value is -2.90. The molecule has 28 heavy (non-hydrogen) atoms. The van der Waals surface area contributed by atoms with Crippen molar-refractivity contribution in [3.63, 3.8) is 0 Å². The summed E-state index contributed by atoms with van der Waals surface area (Å²) >= 11 is 0. The van der Waals surface area contributed by atoms with Crippen molar-refractivity contribution in [2.45, 2.75) is 26.2 Å². The highest BCUT2D eigenvalue weighted by molar-refractivity contribution is 5.97. The van der Waals surface area contributed by atoms with E-state index in [0.29, 0.717) is 5.56 Å². The van der Waals surface area contributed by atoms with Gasteiger partial charge in [0.15, 0.2) is 13.2 Å². The SMILES string of the molecule is CN(C)C(=O)COC(=O)c1cc(C(=O)OCC(=O)N(C)C)cc(C(C)(C)C)c1. The highest BCUT2D eigenvalue weighted by atomic mass is 16.5. The first kappa shape index (κ1) is 23.1. The van der Waals surface area contributed by atoms with Gasteiger partial charge in [0.1, 0.15) is 0 Å². The molecule has 1 aromatic carbocycles. The van der Waals surface area contributed by atoms with Crippen LogP contribution in [0.15, 0.2) is 18.2 Å². The lowest BCUT2D eigenvalue weighted by Crippen LogP contribution is -2.28. The van der Waals surface area contributed by atoms with Gasteiger partial charge in [-0.1, -0.05) is 20.8 Å². The second-order valence-corrected chi connectivity index (χ2v) is 7.78. The van der Waals surface area contributed by atoms with Gasteiger partial charge in [0, 0.05) is 28.2 Å². The number of benzene rings is 1. The van der Waals surface area contributed by atoms with Gasteiger partial charge >= 0.3 is 11.9 Å². The van der Waals surface area contributed by atoms with Gasteiger partial charge in [-0.15, -0.1) is 0 Å². The lowest BCUT2D eigenvalue weighted by molar-refractivity contribution is -0.132. The van der Waals surface area contributed by atoms with Crippen LogP contribution in [0.3, 0.4) is 0 Å². The summed E-state index contributed by atoms with van der Waals surface area (Å²) in [5.74, 6) is -2.16. The van der Waals surface area contributed by atoms with Crippen LogP contribution in [0, 0.1) is 0 Å². The van der Waals surface area contributed by atoms with Gasteiger partial charge in [-0.25, -0.2) is 9.59 Å². The Morgan fingerprint density at radius 1 is 0.750 bits per heavy atom. The molecule has 1 rings (SSSR count). The first-order valence-corrected chi connectivity index (χ1v) is 8.73. The van der Waals surface area contributed by atoms with Crippen LogP contribution in [-0.4, -0.2) is 75.0 Å². The van der Waals surface area contributed by atoms with E-state index in [4.69, 9.17) is 9.47 Å². The zero-order valence-electron chi connectivity index (χ0n) is 17.5. The summed E-state index contributed by atoms with van der Waals surface area (Å²) < 4.78 is 10.1. The van der Waals surface area contributed by atoms with Crippen LogP contribution in [0.4, 0.5) is 0 Å². The molecule has 0 atom stereocenters.